The average Bonchev–Trinajstić information content (AvgIpc) is 2.24. The minimum atomic E-state index is -1.03. The van der Waals surface area contributed by atoms with Gasteiger partial charge in [0.15, 0.2) is 11.6 Å². The molecule has 0 aromatic carbocycles. The Bertz CT molecular complexity index is 291. The molecular formula is C12H18O4. The lowest BCUT2D eigenvalue weighted by Gasteiger charge is -2.09. The van der Waals surface area contributed by atoms with Crippen molar-refractivity contribution in [2.45, 2.75) is 39.5 Å². The van der Waals surface area contributed by atoms with E-state index in [1.807, 2.05) is 6.92 Å². The lowest BCUT2D eigenvalue weighted by molar-refractivity contribution is -0.136. The number of carbonyl (C=O) groups excluding carboxylic acids is 2. The maximum absolute atomic E-state index is 11.4. The molecule has 0 amide bonds. The fourth-order valence-electron chi connectivity index (χ4n) is 1.40. The number of aliphatic carboxylic acids is 1. The van der Waals surface area contributed by atoms with Crippen LogP contribution in [0.1, 0.15) is 39.5 Å². The van der Waals surface area contributed by atoms with Crippen molar-refractivity contribution in [1.29, 1.82) is 0 Å². The molecule has 0 spiro atoms. The van der Waals surface area contributed by atoms with Crippen LogP contribution in [0.25, 0.3) is 0 Å². The van der Waals surface area contributed by atoms with Gasteiger partial charge in [0.05, 0.1) is 0 Å². The Morgan fingerprint density at radius 2 is 1.81 bits per heavy atom. The van der Waals surface area contributed by atoms with Crippen LogP contribution in [0, 0.1) is 5.92 Å². The molecule has 0 saturated carbocycles. The second-order valence-corrected chi connectivity index (χ2v) is 3.65. The molecule has 1 atom stereocenters. The highest BCUT2D eigenvalue weighted by molar-refractivity contribution is 6.37. The third-order valence-corrected chi connectivity index (χ3v) is 2.25. The van der Waals surface area contributed by atoms with Gasteiger partial charge in [0.1, 0.15) is 0 Å². The topological polar surface area (TPSA) is 71.4 Å². The van der Waals surface area contributed by atoms with E-state index in [4.69, 9.17) is 5.11 Å². The highest BCUT2D eigenvalue weighted by Gasteiger charge is 2.16. The Hall–Kier alpha value is -1.45. The summed E-state index contributed by atoms with van der Waals surface area (Å²) in [6.07, 6.45) is 4.41. The van der Waals surface area contributed by atoms with Gasteiger partial charge in [-0.05, 0) is 12.3 Å². The third-order valence-electron chi connectivity index (χ3n) is 2.25. The van der Waals surface area contributed by atoms with Gasteiger partial charge in [-0.1, -0.05) is 26.3 Å². The first-order valence-corrected chi connectivity index (χ1v) is 5.48. The number of carboxylic acids is 1. The van der Waals surface area contributed by atoms with E-state index in [9.17, 15) is 14.4 Å². The predicted molar refractivity (Wildman–Crippen MR) is 60.1 cm³/mol. The van der Waals surface area contributed by atoms with E-state index < -0.39 is 11.8 Å². The molecule has 0 bridgehead atoms. The van der Waals surface area contributed by atoms with Crippen molar-refractivity contribution in [1.82, 2.24) is 0 Å². The molecule has 0 aliphatic heterocycles. The van der Waals surface area contributed by atoms with Gasteiger partial charge >= 0.3 is 5.97 Å². The smallest absolute Gasteiger partial charge is 0.327 e. The molecule has 0 aliphatic rings. The summed E-state index contributed by atoms with van der Waals surface area (Å²) in [5, 5.41) is 8.48. The summed E-state index contributed by atoms with van der Waals surface area (Å²) in [5.41, 5.74) is 0. The first-order valence-electron chi connectivity index (χ1n) is 5.48. The summed E-state index contributed by atoms with van der Waals surface area (Å²) in [5.74, 6) is -1.97. The number of carboxylic acid groups (broad SMARTS) is 1. The summed E-state index contributed by atoms with van der Waals surface area (Å²) in [4.78, 5) is 32.8. The third kappa shape index (κ3) is 6.11. The maximum atomic E-state index is 11.4. The largest absolute Gasteiger partial charge is 0.478 e. The minimum absolute atomic E-state index is 0.115. The molecule has 0 rings (SSSR count). The summed E-state index contributed by atoms with van der Waals surface area (Å²) in [7, 11) is 0. The molecule has 0 aliphatic carbocycles. The summed E-state index contributed by atoms with van der Waals surface area (Å²) >= 11 is 0. The van der Waals surface area contributed by atoms with Crippen LogP contribution in [0.4, 0.5) is 0 Å². The number of carbonyl (C=O) groups is 3. The SMILES string of the molecule is CCC[C@@H](/C=C/C(=O)O)CC(=O)C(=O)CC. The molecule has 0 fully saturated rings. The molecule has 16 heavy (non-hydrogen) atoms. The number of rotatable bonds is 8. The van der Waals surface area contributed by atoms with Crippen LogP contribution >= 0.6 is 0 Å². The zero-order valence-electron chi connectivity index (χ0n) is 9.73. The van der Waals surface area contributed by atoms with Crippen molar-refractivity contribution in [3.63, 3.8) is 0 Å². The Morgan fingerprint density at radius 1 is 1.19 bits per heavy atom. The van der Waals surface area contributed by atoms with Crippen LogP contribution in [0.5, 0.6) is 0 Å². The number of allylic oxidation sites excluding steroid dienone is 1. The monoisotopic (exact) mass is 226 g/mol. The number of ketones is 2. The molecule has 0 aromatic rings. The predicted octanol–water partition coefficient (Wildman–Crippen LogP) is 1.98. The molecule has 0 saturated heterocycles. The van der Waals surface area contributed by atoms with E-state index in [1.54, 1.807) is 6.92 Å². The Balaban J connectivity index is 4.38. The second-order valence-electron chi connectivity index (χ2n) is 3.65. The van der Waals surface area contributed by atoms with Gasteiger partial charge in [-0.15, -0.1) is 0 Å². The first kappa shape index (κ1) is 14.6. The van der Waals surface area contributed by atoms with Gasteiger partial charge in [0, 0.05) is 18.9 Å². The fraction of sp³-hybridized carbons (Fsp3) is 0.583. The molecule has 0 aromatic heterocycles. The molecule has 0 heterocycles. The van der Waals surface area contributed by atoms with Crippen molar-refractivity contribution in [2.75, 3.05) is 0 Å². The Morgan fingerprint density at radius 3 is 2.25 bits per heavy atom. The number of hydrogen-bond acceptors (Lipinski definition) is 3. The summed E-state index contributed by atoms with van der Waals surface area (Å²) in [6, 6.07) is 0. The summed E-state index contributed by atoms with van der Waals surface area (Å²) in [6.45, 7) is 3.59. The quantitative estimate of drug-likeness (QED) is 0.507. The minimum Gasteiger partial charge on any atom is -0.478 e. The van der Waals surface area contributed by atoms with Gasteiger partial charge in [-0.25, -0.2) is 4.79 Å². The number of hydrogen-bond donors (Lipinski definition) is 1. The van der Waals surface area contributed by atoms with E-state index in [-0.39, 0.29) is 24.5 Å². The van der Waals surface area contributed by atoms with Crippen molar-refractivity contribution in [3.8, 4) is 0 Å². The van der Waals surface area contributed by atoms with Gasteiger partial charge < -0.3 is 5.11 Å². The van der Waals surface area contributed by atoms with Crippen molar-refractivity contribution in [3.05, 3.63) is 12.2 Å². The van der Waals surface area contributed by atoms with Crippen LogP contribution in [0.2, 0.25) is 0 Å². The van der Waals surface area contributed by atoms with Gasteiger partial charge in [0.2, 0.25) is 0 Å². The average molecular weight is 226 g/mol. The standard InChI is InChI=1S/C12H18O4/c1-3-5-9(6-7-12(15)16)8-11(14)10(13)4-2/h6-7,9H,3-5,8H2,1-2H3,(H,15,16)/b7-6+/t9-/m0/s1. The van der Waals surface area contributed by atoms with E-state index in [1.165, 1.54) is 6.08 Å². The highest BCUT2D eigenvalue weighted by atomic mass is 16.4. The van der Waals surface area contributed by atoms with E-state index >= 15 is 0 Å². The molecule has 1 N–H and O–H groups in total. The van der Waals surface area contributed by atoms with E-state index in [0.717, 1.165) is 12.5 Å². The van der Waals surface area contributed by atoms with Crippen LogP contribution in [-0.4, -0.2) is 22.6 Å². The zero-order chi connectivity index (χ0) is 12.6. The molecular weight excluding hydrogens is 208 g/mol. The van der Waals surface area contributed by atoms with Gasteiger partial charge in [0.25, 0.3) is 0 Å². The van der Waals surface area contributed by atoms with Crippen molar-refractivity contribution >= 4 is 17.5 Å². The van der Waals surface area contributed by atoms with Crippen LogP contribution in [-0.2, 0) is 14.4 Å². The lowest BCUT2D eigenvalue weighted by Crippen LogP contribution is -2.16. The van der Waals surface area contributed by atoms with E-state index in [0.29, 0.717) is 6.42 Å². The molecule has 90 valence electrons. The van der Waals surface area contributed by atoms with Crippen molar-refractivity contribution < 1.29 is 19.5 Å². The Kier molecular flexibility index (Phi) is 7.09. The van der Waals surface area contributed by atoms with Crippen LogP contribution in [0.3, 0.4) is 0 Å². The maximum Gasteiger partial charge on any atom is 0.327 e. The Labute approximate surface area is 95.3 Å². The summed E-state index contributed by atoms with van der Waals surface area (Å²) < 4.78 is 0. The fourth-order valence-corrected chi connectivity index (χ4v) is 1.40. The van der Waals surface area contributed by atoms with Crippen molar-refractivity contribution in [2.24, 2.45) is 5.92 Å². The lowest BCUT2D eigenvalue weighted by atomic mass is 9.95. The zero-order valence-corrected chi connectivity index (χ0v) is 9.73. The van der Waals surface area contributed by atoms with Gasteiger partial charge in [-0.3, -0.25) is 9.59 Å². The number of Topliss-reactive ketones (excluding diaryl/α,β-unsaturated/α-hetero) is 2. The first-order chi connectivity index (χ1) is 7.51. The normalized spacial score (nSPS) is 12.6. The second kappa shape index (κ2) is 7.79. The molecule has 4 nitrogen and oxygen atoms in total. The van der Waals surface area contributed by atoms with Crippen LogP contribution < -0.4 is 0 Å². The van der Waals surface area contributed by atoms with E-state index in [2.05, 4.69) is 0 Å². The van der Waals surface area contributed by atoms with Gasteiger partial charge in [-0.2, -0.15) is 0 Å². The molecule has 4 heteroatoms. The highest BCUT2D eigenvalue weighted by Crippen LogP contribution is 2.14. The van der Waals surface area contributed by atoms with Crippen LogP contribution in [0.15, 0.2) is 12.2 Å². The molecule has 0 unspecified atom stereocenters. The molecule has 0 radical (unpaired) electrons.